The second-order valence-corrected chi connectivity index (χ2v) is 6.74. The Balaban J connectivity index is 1.57. The fourth-order valence-electron chi connectivity index (χ4n) is 2.94. The zero-order valence-electron chi connectivity index (χ0n) is 10.2. The normalized spacial score (nSPS) is 38.2. The minimum absolute atomic E-state index is 0.599. The number of hydrogen-bond donors (Lipinski definition) is 1. The predicted molar refractivity (Wildman–Crippen MR) is 71.0 cm³/mol. The van der Waals surface area contributed by atoms with Gasteiger partial charge in [0.1, 0.15) is 0 Å². The van der Waals surface area contributed by atoms with Crippen molar-refractivity contribution in [1.29, 1.82) is 0 Å². The lowest BCUT2D eigenvalue weighted by molar-refractivity contribution is 0.482. The lowest BCUT2D eigenvalue weighted by atomic mass is 10.1. The average molecular weight is 238 g/mol. The van der Waals surface area contributed by atoms with E-state index in [4.69, 9.17) is 4.99 Å². The minimum atomic E-state index is 0.599. The van der Waals surface area contributed by atoms with Gasteiger partial charge in [-0.15, -0.1) is 0 Å². The molecular formula is C13H22N2S. The summed E-state index contributed by atoms with van der Waals surface area (Å²) in [5, 5.41) is 4.89. The van der Waals surface area contributed by atoms with E-state index in [1.807, 2.05) is 11.8 Å². The van der Waals surface area contributed by atoms with Gasteiger partial charge in [0.25, 0.3) is 0 Å². The van der Waals surface area contributed by atoms with Gasteiger partial charge in [0.05, 0.1) is 0 Å². The zero-order chi connectivity index (χ0) is 11.0. The van der Waals surface area contributed by atoms with Crippen molar-refractivity contribution in [1.82, 2.24) is 5.32 Å². The Kier molecular flexibility index (Phi) is 2.90. The molecule has 0 bridgehead atoms. The van der Waals surface area contributed by atoms with E-state index in [-0.39, 0.29) is 0 Å². The van der Waals surface area contributed by atoms with Gasteiger partial charge in [0.15, 0.2) is 5.17 Å². The first kappa shape index (κ1) is 10.9. The molecule has 2 saturated carbocycles. The molecule has 2 nitrogen and oxygen atoms in total. The van der Waals surface area contributed by atoms with Gasteiger partial charge in [0.2, 0.25) is 0 Å². The highest BCUT2D eigenvalue weighted by Crippen LogP contribution is 2.49. The van der Waals surface area contributed by atoms with Crippen LogP contribution in [0.5, 0.6) is 0 Å². The van der Waals surface area contributed by atoms with Crippen LogP contribution in [0.2, 0.25) is 0 Å². The van der Waals surface area contributed by atoms with Crippen LogP contribution in [-0.2, 0) is 0 Å². The summed E-state index contributed by atoms with van der Waals surface area (Å²) in [4.78, 5) is 4.82. The molecule has 1 saturated heterocycles. The number of nitrogens with one attached hydrogen (secondary N) is 1. The molecule has 3 fully saturated rings. The number of amidine groups is 1. The van der Waals surface area contributed by atoms with Crippen molar-refractivity contribution in [2.24, 2.45) is 16.3 Å². The van der Waals surface area contributed by atoms with Crippen LogP contribution >= 0.6 is 11.8 Å². The molecule has 0 amide bonds. The van der Waals surface area contributed by atoms with Crippen molar-refractivity contribution in [3.05, 3.63) is 0 Å². The van der Waals surface area contributed by atoms with Gasteiger partial charge in [-0.1, -0.05) is 25.1 Å². The van der Waals surface area contributed by atoms with Crippen LogP contribution in [0.3, 0.4) is 0 Å². The lowest BCUT2D eigenvalue weighted by Crippen LogP contribution is -2.41. The highest BCUT2D eigenvalue weighted by Gasteiger charge is 2.40. The molecule has 2 atom stereocenters. The summed E-state index contributed by atoms with van der Waals surface area (Å²) in [5.41, 5.74) is 0.599. The van der Waals surface area contributed by atoms with Gasteiger partial charge in [-0.3, -0.25) is 4.99 Å². The van der Waals surface area contributed by atoms with Crippen molar-refractivity contribution in [2.45, 2.75) is 51.5 Å². The van der Waals surface area contributed by atoms with E-state index < -0.39 is 0 Å². The van der Waals surface area contributed by atoms with Crippen molar-refractivity contribution in [3.63, 3.8) is 0 Å². The molecule has 3 rings (SSSR count). The Labute approximate surface area is 103 Å². The maximum absolute atomic E-state index is 4.82. The molecular weight excluding hydrogens is 216 g/mol. The Hall–Kier alpha value is -0.180. The highest BCUT2D eigenvalue weighted by atomic mass is 32.2. The zero-order valence-corrected chi connectivity index (χ0v) is 11.0. The van der Waals surface area contributed by atoms with E-state index in [0.717, 1.165) is 18.5 Å². The first-order valence-electron chi connectivity index (χ1n) is 6.75. The number of rotatable bonds is 3. The molecule has 90 valence electrons. The summed E-state index contributed by atoms with van der Waals surface area (Å²) in [6.07, 6.45) is 8.31. The summed E-state index contributed by atoms with van der Waals surface area (Å²) >= 11 is 1.96. The Morgan fingerprint density at radius 2 is 2.31 bits per heavy atom. The SMILES string of the molecule is CCC1(CN=C2NC3CCCC3CS2)CC1. The van der Waals surface area contributed by atoms with Crippen molar-refractivity contribution >= 4 is 16.9 Å². The van der Waals surface area contributed by atoms with Crippen LogP contribution in [0, 0.1) is 11.3 Å². The van der Waals surface area contributed by atoms with E-state index >= 15 is 0 Å². The summed E-state index contributed by atoms with van der Waals surface area (Å²) < 4.78 is 0. The van der Waals surface area contributed by atoms with Gasteiger partial charge in [0, 0.05) is 18.3 Å². The first-order valence-corrected chi connectivity index (χ1v) is 7.74. The number of hydrogen-bond acceptors (Lipinski definition) is 2. The summed E-state index contributed by atoms with van der Waals surface area (Å²) in [6.45, 7) is 3.37. The minimum Gasteiger partial charge on any atom is -0.362 e. The van der Waals surface area contributed by atoms with Gasteiger partial charge in [-0.2, -0.15) is 0 Å². The van der Waals surface area contributed by atoms with Crippen LogP contribution in [0.25, 0.3) is 0 Å². The third kappa shape index (κ3) is 2.11. The van der Waals surface area contributed by atoms with E-state index in [1.54, 1.807) is 0 Å². The largest absolute Gasteiger partial charge is 0.362 e. The standard InChI is InChI=1S/C13H22N2S/c1-2-13(6-7-13)9-14-12-15-11-5-3-4-10(11)8-16-12/h10-11H,2-9H2,1H3,(H,14,15). The Morgan fingerprint density at radius 3 is 3.06 bits per heavy atom. The molecule has 16 heavy (non-hydrogen) atoms. The van der Waals surface area contributed by atoms with Gasteiger partial charge in [-0.25, -0.2) is 0 Å². The molecule has 0 radical (unpaired) electrons. The number of nitrogens with zero attached hydrogens (tertiary/aromatic N) is 1. The molecule has 0 spiro atoms. The third-order valence-corrected chi connectivity index (χ3v) is 5.78. The van der Waals surface area contributed by atoms with Crippen LogP contribution in [0.1, 0.15) is 45.4 Å². The summed E-state index contributed by atoms with van der Waals surface area (Å²) in [7, 11) is 0. The van der Waals surface area contributed by atoms with Crippen molar-refractivity contribution < 1.29 is 0 Å². The number of fused-ring (bicyclic) bond motifs is 1. The Bertz CT molecular complexity index is 296. The Morgan fingerprint density at radius 1 is 1.44 bits per heavy atom. The molecule has 1 N–H and O–H groups in total. The number of aliphatic imine (C=N–C) groups is 1. The third-order valence-electron chi connectivity index (χ3n) is 4.67. The molecule has 1 aliphatic heterocycles. The van der Waals surface area contributed by atoms with Crippen LogP contribution < -0.4 is 5.32 Å². The van der Waals surface area contributed by atoms with Crippen molar-refractivity contribution in [3.8, 4) is 0 Å². The predicted octanol–water partition coefficient (Wildman–Crippen LogP) is 3.04. The summed E-state index contributed by atoms with van der Waals surface area (Å²) in [6, 6.07) is 0.747. The van der Waals surface area contributed by atoms with Gasteiger partial charge in [-0.05, 0) is 43.4 Å². The van der Waals surface area contributed by atoms with Gasteiger partial charge < -0.3 is 5.32 Å². The summed E-state index contributed by atoms with van der Waals surface area (Å²) in [5.74, 6) is 2.22. The molecule has 3 aliphatic rings. The lowest BCUT2D eigenvalue weighted by Gasteiger charge is -2.28. The highest BCUT2D eigenvalue weighted by molar-refractivity contribution is 8.13. The molecule has 2 unspecified atom stereocenters. The second kappa shape index (κ2) is 4.25. The first-order chi connectivity index (χ1) is 7.81. The van der Waals surface area contributed by atoms with E-state index in [1.165, 1.54) is 49.4 Å². The molecule has 0 aromatic carbocycles. The van der Waals surface area contributed by atoms with E-state index in [9.17, 15) is 0 Å². The quantitative estimate of drug-likeness (QED) is 0.817. The van der Waals surface area contributed by atoms with Crippen LogP contribution in [0.15, 0.2) is 4.99 Å². The average Bonchev–Trinajstić information content (AvgIpc) is 2.96. The van der Waals surface area contributed by atoms with Crippen molar-refractivity contribution in [2.75, 3.05) is 12.3 Å². The van der Waals surface area contributed by atoms with Crippen LogP contribution in [0.4, 0.5) is 0 Å². The molecule has 1 heterocycles. The van der Waals surface area contributed by atoms with Crippen LogP contribution in [-0.4, -0.2) is 23.5 Å². The fraction of sp³-hybridized carbons (Fsp3) is 0.923. The maximum atomic E-state index is 4.82. The fourth-order valence-corrected chi connectivity index (χ4v) is 4.11. The molecule has 3 heteroatoms. The van der Waals surface area contributed by atoms with E-state index in [0.29, 0.717) is 5.41 Å². The molecule has 0 aromatic rings. The topological polar surface area (TPSA) is 24.4 Å². The molecule has 2 aliphatic carbocycles. The molecule has 0 aromatic heterocycles. The second-order valence-electron chi connectivity index (χ2n) is 5.73. The number of thioether (sulfide) groups is 1. The maximum Gasteiger partial charge on any atom is 0.156 e. The monoisotopic (exact) mass is 238 g/mol. The van der Waals surface area contributed by atoms with Gasteiger partial charge >= 0.3 is 0 Å². The smallest absolute Gasteiger partial charge is 0.156 e. The van der Waals surface area contributed by atoms with E-state index in [2.05, 4.69) is 12.2 Å².